The van der Waals surface area contributed by atoms with Crippen LogP contribution in [-0.4, -0.2) is 19.1 Å². The fraction of sp³-hybridized carbons (Fsp3) is 0.381. The lowest BCUT2D eigenvalue weighted by molar-refractivity contribution is -0.124. The van der Waals surface area contributed by atoms with Gasteiger partial charge >= 0.3 is 0 Å². The van der Waals surface area contributed by atoms with Gasteiger partial charge in [-0.3, -0.25) is 4.79 Å². The van der Waals surface area contributed by atoms with Crippen molar-refractivity contribution in [2.24, 2.45) is 0 Å². The Balaban J connectivity index is 1.66. The van der Waals surface area contributed by atoms with Gasteiger partial charge < -0.3 is 14.8 Å². The Kier molecular flexibility index (Phi) is 5.72. The molecule has 0 fully saturated rings. The second-order valence-corrected chi connectivity index (χ2v) is 7.28. The molecular weight excluding hydrogens is 350 g/mol. The second kappa shape index (κ2) is 8.00. The molecule has 0 bridgehead atoms. The zero-order valence-electron chi connectivity index (χ0n) is 15.3. The third-order valence-corrected chi connectivity index (χ3v) is 4.97. The number of fused-ring (bicyclic) bond motifs is 1. The van der Waals surface area contributed by atoms with Crippen LogP contribution in [0.1, 0.15) is 48.9 Å². The summed E-state index contributed by atoms with van der Waals surface area (Å²) in [6.45, 7) is 6.65. The lowest BCUT2D eigenvalue weighted by Gasteiger charge is -2.26. The van der Waals surface area contributed by atoms with Crippen LogP contribution < -0.4 is 14.8 Å². The van der Waals surface area contributed by atoms with E-state index in [1.165, 1.54) is 0 Å². The van der Waals surface area contributed by atoms with Crippen molar-refractivity contribution in [1.29, 1.82) is 0 Å². The van der Waals surface area contributed by atoms with Gasteiger partial charge in [0.15, 0.2) is 6.61 Å². The largest absolute Gasteiger partial charge is 0.493 e. The number of halogens is 1. The van der Waals surface area contributed by atoms with Gasteiger partial charge in [0, 0.05) is 17.0 Å². The molecule has 2 aromatic carbocycles. The summed E-state index contributed by atoms with van der Waals surface area (Å²) in [4.78, 5) is 12.4. The summed E-state index contributed by atoms with van der Waals surface area (Å²) < 4.78 is 11.5. The van der Waals surface area contributed by atoms with Crippen molar-refractivity contribution in [1.82, 2.24) is 5.32 Å². The minimum absolute atomic E-state index is 0.0275. The number of nitrogens with one attached hydrogen (secondary N) is 1. The van der Waals surface area contributed by atoms with Crippen molar-refractivity contribution in [3.63, 3.8) is 0 Å². The summed E-state index contributed by atoms with van der Waals surface area (Å²) in [7, 11) is 0. The molecule has 138 valence electrons. The summed E-state index contributed by atoms with van der Waals surface area (Å²) in [5.74, 6) is 1.66. The molecule has 1 heterocycles. The smallest absolute Gasteiger partial charge is 0.258 e. The third kappa shape index (κ3) is 4.13. The summed E-state index contributed by atoms with van der Waals surface area (Å²) in [6.07, 6.45) is 0.750. The number of benzene rings is 2. The molecule has 5 heteroatoms. The first-order valence-corrected chi connectivity index (χ1v) is 9.27. The quantitative estimate of drug-likeness (QED) is 0.819. The highest BCUT2D eigenvalue weighted by Gasteiger charge is 2.23. The SMILES string of the molecule is Cc1cc(OCC(=O)N[C@H]2CCOc3ccccc32)c(C(C)C)cc1Cl. The normalized spacial score (nSPS) is 16.0. The Bertz CT molecular complexity index is 804. The fourth-order valence-electron chi connectivity index (χ4n) is 3.12. The molecule has 0 spiro atoms. The maximum atomic E-state index is 12.4. The van der Waals surface area contributed by atoms with Crippen LogP contribution in [0, 0.1) is 6.92 Å². The molecule has 0 saturated carbocycles. The molecule has 26 heavy (non-hydrogen) atoms. The van der Waals surface area contributed by atoms with Crippen molar-refractivity contribution in [2.45, 2.75) is 39.2 Å². The highest BCUT2D eigenvalue weighted by Crippen LogP contribution is 2.33. The van der Waals surface area contributed by atoms with Crippen LogP contribution in [-0.2, 0) is 4.79 Å². The van der Waals surface area contributed by atoms with Crippen LogP contribution in [0.15, 0.2) is 36.4 Å². The van der Waals surface area contributed by atoms with Crippen molar-refractivity contribution in [3.8, 4) is 11.5 Å². The highest BCUT2D eigenvalue weighted by molar-refractivity contribution is 6.31. The first kappa shape index (κ1) is 18.6. The van der Waals surface area contributed by atoms with Gasteiger partial charge in [-0.1, -0.05) is 43.6 Å². The number of rotatable bonds is 5. The molecule has 0 aliphatic carbocycles. The number of ether oxygens (including phenoxy) is 2. The summed E-state index contributed by atoms with van der Waals surface area (Å²) in [6, 6.07) is 11.6. The standard InChI is InChI=1S/C21H24ClNO3/c1-13(2)16-11-17(22)14(3)10-20(16)26-12-21(24)23-18-8-9-25-19-7-5-4-6-15(18)19/h4-7,10-11,13,18H,8-9,12H2,1-3H3,(H,23,24)/t18-/m0/s1. The number of amides is 1. The van der Waals surface area contributed by atoms with E-state index in [1.807, 2.05) is 43.3 Å². The van der Waals surface area contributed by atoms with Gasteiger partial charge in [0.2, 0.25) is 0 Å². The van der Waals surface area contributed by atoms with E-state index >= 15 is 0 Å². The van der Waals surface area contributed by atoms with Gasteiger partial charge in [0.25, 0.3) is 5.91 Å². The number of hydrogen-bond donors (Lipinski definition) is 1. The van der Waals surface area contributed by atoms with E-state index in [4.69, 9.17) is 21.1 Å². The van der Waals surface area contributed by atoms with Gasteiger partial charge in [-0.25, -0.2) is 0 Å². The Morgan fingerprint density at radius 1 is 1.35 bits per heavy atom. The lowest BCUT2D eigenvalue weighted by atomic mass is 10.0. The van der Waals surface area contributed by atoms with E-state index in [9.17, 15) is 4.79 Å². The predicted octanol–water partition coefficient (Wildman–Crippen LogP) is 4.79. The molecule has 1 aliphatic heterocycles. The number of aryl methyl sites for hydroxylation is 1. The average molecular weight is 374 g/mol. The summed E-state index contributed by atoms with van der Waals surface area (Å²) in [5, 5.41) is 3.76. The minimum atomic E-state index is -0.144. The number of carbonyl (C=O) groups excluding carboxylic acids is 1. The first-order chi connectivity index (χ1) is 12.5. The van der Waals surface area contributed by atoms with E-state index in [0.29, 0.717) is 17.4 Å². The van der Waals surface area contributed by atoms with Gasteiger partial charge in [-0.05, 0) is 42.2 Å². The summed E-state index contributed by atoms with van der Waals surface area (Å²) in [5.41, 5.74) is 2.95. The Hall–Kier alpha value is -2.20. The minimum Gasteiger partial charge on any atom is -0.493 e. The first-order valence-electron chi connectivity index (χ1n) is 8.89. The maximum absolute atomic E-state index is 12.4. The summed E-state index contributed by atoms with van der Waals surface area (Å²) >= 11 is 6.22. The molecule has 1 N–H and O–H groups in total. The van der Waals surface area contributed by atoms with Gasteiger partial charge in [0.05, 0.1) is 12.6 Å². The van der Waals surface area contributed by atoms with E-state index in [-0.39, 0.29) is 24.5 Å². The zero-order valence-corrected chi connectivity index (χ0v) is 16.1. The van der Waals surface area contributed by atoms with Crippen LogP contribution in [0.3, 0.4) is 0 Å². The molecule has 0 unspecified atom stereocenters. The van der Waals surface area contributed by atoms with Gasteiger partial charge in [0.1, 0.15) is 11.5 Å². The van der Waals surface area contributed by atoms with Crippen LogP contribution >= 0.6 is 11.6 Å². The fourth-order valence-corrected chi connectivity index (χ4v) is 3.29. The molecule has 1 amide bonds. The molecule has 3 rings (SSSR count). The number of para-hydroxylation sites is 1. The molecule has 2 aromatic rings. The van der Waals surface area contributed by atoms with Crippen molar-refractivity contribution >= 4 is 17.5 Å². The average Bonchev–Trinajstić information content (AvgIpc) is 2.62. The zero-order chi connectivity index (χ0) is 18.7. The molecule has 0 radical (unpaired) electrons. The second-order valence-electron chi connectivity index (χ2n) is 6.88. The van der Waals surface area contributed by atoms with Crippen LogP contribution in [0.25, 0.3) is 0 Å². The van der Waals surface area contributed by atoms with Crippen LogP contribution in [0.4, 0.5) is 0 Å². The number of carbonyl (C=O) groups is 1. The van der Waals surface area contributed by atoms with Gasteiger partial charge in [-0.15, -0.1) is 0 Å². The van der Waals surface area contributed by atoms with Crippen LogP contribution in [0.2, 0.25) is 5.02 Å². The topological polar surface area (TPSA) is 47.6 Å². The highest BCUT2D eigenvalue weighted by atomic mass is 35.5. The maximum Gasteiger partial charge on any atom is 0.258 e. The van der Waals surface area contributed by atoms with Gasteiger partial charge in [-0.2, -0.15) is 0 Å². The molecule has 4 nitrogen and oxygen atoms in total. The van der Waals surface area contributed by atoms with Crippen molar-refractivity contribution in [3.05, 3.63) is 58.1 Å². The Morgan fingerprint density at radius 2 is 2.12 bits per heavy atom. The van der Waals surface area contributed by atoms with Crippen molar-refractivity contribution < 1.29 is 14.3 Å². The monoisotopic (exact) mass is 373 g/mol. The molecule has 0 saturated heterocycles. The predicted molar refractivity (Wildman–Crippen MR) is 103 cm³/mol. The van der Waals surface area contributed by atoms with E-state index in [0.717, 1.165) is 28.9 Å². The lowest BCUT2D eigenvalue weighted by Crippen LogP contribution is -2.35. The molecular formula is C21H24ClNO3. The Labute approximate surface area is 159 Å². The Morgan fingerprint density at radius 3 is 2.88 bits per heavy atom. The van der Waals surface area contributed by atoms with Crippen LogP contribution in [0.5, 0.6) is 11.5 Å². The molecule has 1 aliphatic rings. The molecule has 0 aromatic heterocycles. The third-order valence-electron chi connectivity index (χ3n) is 4.57. The number of hydrogen-bond acceptors (Lipinski definition) is 3. The van der Waals surface area contributed by atoms with E-state index in [2.05, 4.69) is 19.2 Å². The van der Waals surface area contributed by atoms with Crippen molar-refractivity contribution in [2.75, 3.05) is 13.2 Å². The molecule has 1 atom stereocenters. The van der Waals surface area contributed by atoms with E-state index < -0.39 is 0 Å². The van der Waals surface area contributed by atoms with E-state index in [1.54, 1.807) is 0 Å².